The van der Waals surface area contributed by atoms with E-state index in [0.29, 0.717) is 22.7 Å². The Balaban J connectivity index is 1.59. The van der Waals surface area contributed by atoms with Gasteiger partial charge in [0.25, 0.3) is 0 Å². The number of amides is 1. The third kappa shape index (κ3) is 4.39. The zero-order valence-corrected chi connectivity index (χ0v) is 15.8. The van der Waals surface area contributed by atoms with Gasteiger partial charge in [0.15, 0.2) is 0 Å². The van der Waals surface area contributed by atoms with Gasteiger partial charge in [-0.25, -0.2) is 0 Å². The minimum absolute atomic E-state index is 0.0507. The van der Waals surface area contributed by atoms with E-state index >= 15 is 0 Å². The molecule has 1 heterocycles. The van der Waals surface area contributed by atoms with Gasteiger partial charge in [-0.1, -0.05) is 50.6 Å². The van der Waals surface area contributed by atoms with Gasteiger partial charge in [0, 0.05) is 6.04 Å². The fraction of sp³-hybridized carbons (Fsp3) is 0.556. The van der Waals surface area contributed by atoms with Gasteiger partial charge in [-0.05, 0) is 53.3 Å². The molecule has 2 aromatic rings. The molecule has 1 saturated carbocycles. The first kappa shape index (κ1) is 17.9. The van der Waals surface area contributed by atoms with Crippen LogP contribution in [0.1, 0.15) is 38.7 Å². The highest BCUT2D eigenvalue weighted by Crippen LogP contribution is 2.29. The SMILES string of the molecule is Cc1cccc(-n2nnnc2SCC(=O)N[C@H]2CCC[C@H](C)[C@@H]2C)c1. The Morgan fingerprint density at radius 1 is 1.36 bits per heavy atom. The average Bonchev–Trinajstić information content (AvgIpc) is 3.06. The molecule has 1 fully saturated rings. The second-order valence-corrected chi connectivity index (χ2v) is 7.88. The maximum atomic E-state index is 12.4. The third-order valence-electron chi connectivity index (χ3n) is 5.07. The maximum Gasteiger partial charge on any atom is 0.230 e. The van der Waals surface area contributed by atoms with E-state index in [0.717, 1.165) is 17.7 Å². The molecule has 0 spiro atoms. The number of hydrogen-bond acceptors (Lipinski definition) is 5. The van der Waals surface area contributed by atoms with Crippen LogP contribution in [0.25, 0.3) is 5.69 Å². The highest BCUT2D eigenvalue weighted by Gasteiger charge is 2.28. The van der Waals surface area contributed by atoms with Gasteiger partial charge in [-0.3, -0.25) is 4.79 Å². The molecule has 0 bridgehead atoms. The Hall–Kier alpha value is -1.89. The zero-order chi connectivity index (χ0) is 17.8. The molecule has 25 heavy (non-hydrogen) atoms. The van der Waals surface area contributed by atoms with Crippen molar-refractivity contribution in [3.63, 3.8) is 0 Å². The molecule has 0 unspecified atom stereocenters. The van der Waals surface area contributed by atoms with Gasteiger partial charge >= 0.3 is 0 Å². The van der Waals surface area contributed by atoms with Crippen molar-refractivity contribution >= 4 is 17.7 Å². The molecule has 134 valence electrons. The molecular formula is C18H25N5OS. The standard InChI is InChI=1S/C18H25N5OS/c1-12-6-4-8-15(10-12)23-18(20-21-22-23)25-11-17(24)19-16-9-5-7-13(2)14(16)3/h4,6,8,10,13-14,16H,5,7,9,11H2,1-3H3,(H,19,24)/t13-,14-,16-/m0/s1. The van der Waals surface area contributed by atoms with E-state index in [2.05, 4.69) is 34.7 Å². The van der Waals surface area contributed by atoms with Crippen LogP contribution in [0.2, 0.25) is 0 Å². The molecule has 1 aromatic heterocycles. The number of thioether (sulfide) groups is 1. The van der Waals surface area contributed by atoms with E-state index in [1.165, 1.54) is 24.6 Å². The first-order valence-corrected chi connectivity index (χ1v) is 9.80. The lowest BCUT2D eigenvalue weighted by Crippen LogP contribution is -2.44. The predicted octanol–water partition coefficient (Wildman–Crippen LogP) is 3.00. The Morgan fingerprint density at radius 2 is 2.20 bits per heavy atom. The van der Waals surface area contributed by atoms with Gasteiger partial charge in [0.1, 0.15) is 0 Å². The number of carbonyl (C=O) groups is 1. The molecule has 0 saturated heterocycles. The van der Waals surface area contributed by atoms with Gasteiger partial charge in [0.05, 0.1) is 11.4 Å². The Bertz CT molecular complexity index is 732. The largest absolute Gasteiger partial charge is 0.352 e. The van der Waals surface area contributed by atoms with Gasteiger partial charge in [0.2, 0.25) is 11.1 Å². The summed E-state index contributed by atoms with van der Waals surface area (Å²) < 4.78 is 1.68. The summed E-state index contributed by atoms with van der Waals surface area (Å²) in [7, 11) is 0. The van der Waals surface area contributed by atoms with E-state index in [1.807, 2.05) is 31.2 Å². The number of aromatic nitrogens is 4. The molecule has 1 aliphatic carbocycles. The lowest BCUT2D eigenvalue weighted by atomic mass is 9.78. The molecular weight excluding hydrogens is 334 g/mol. The summed E-state index contributed by atoms with van der Waals surface area (Å²) in [6.45, 7) is 6.54. The molecule has 1 aliphatic rings. The first-order chi connectivity index (χ1) is 12.0. The van der Waals surface area contributed by atoms with Crippen molar-refractivity contribution in [3.05, 3.63) is 29.8 Å². The summed E-state index contributed by atoms with van der Waals surface area (Å²) in [4.78, 5) is 12.4. The highest BCUT2D eigenvalue weighted by atomic mass is 32.2. The van der Waals surface area contributed by atoms with Gasteiger partial charge in [-0.15, -0.1) is 5.10 Å². The van der Waals surface area contributed by atoms with Crippen molar-refractivity contribution in [2.75, 3.05) is 5.75 Å². The minimum Gasteiger partial charge on any atom is -0.352 e. The van der Waals surface area contributed by atoms with Gasteiger partial charge < -0.3 is 5.32 Å². The van der Waals surface area contributed by atoms with Crippen LogP contribution < -0.4 is 5.32 Å². The van der Waals surface area contributed by atoms with Crippen LogP contribution in [-0.4, -0.2) is 37.9 Å². The molecule has 0 radical (unpaired) electrons. The lowest BCUT2D eigenvalue weighted by molar-refractivity contribution is -0.120. The van der Waals surface area contributed by atoms with Gasteiger partial charge in [-0.2, -0.15) is 4.68 Å². The number of carbonyl (C=O) groups excluding carboxylic acids is 1. The third-order valence-corrected chi connectivity index (χ3v) is 5.99. The van der Waals surface area contributed by atoms with E-state index in [1.54, 1.807) is 4.68 Å². The summed E-state index contributed by atoms with van der Waals surface area (Å²) >= 11 is 1.37. The van der Waals surface area contributed by atoms with Crippen molar-refractivity contribution < 1.29 is 4.79 Å². The van der Waals surface area contributed by atoms with Crippen molar-refractivity contribution in [2.24, 2.45) is 11.8 Å². The van der Waals surface area contributed by atoms with Crippen LogP contribution in [-0.2, 0) is 4.79 Å². The number of nitrogens with one attached hydrogen (secondary N) is 1. The second kappa shape index (κ2) is 7.99. The zero-order valence-electron chi connectivity index (χ0n) is 15.0. The number of tetrazole rings is 1. The molecule has 7 heteroatoms. The average molecular weight is 359 g/mol. The Kier molecular flexibility index (Phi) is 5.73. The lowest BCUT2D eigenvalue weighted by Gasteiger charge is -2.34. The molecule has 1 amide bonds. The predicted molar refractivity (Wildman–Crippen MR) is 98.7 cm³/mol. The summed E-state index contributed by atoms with van der Waals surface area (Å²) in [6.07, 6.45) is 3.52. The van der Waals surface area contributed by atoms with Crippen LogP contribution in [0.4, 0.5) is 0 Å². The Labute approximate surface area is 152 Å². The van der Waals surface area contributed by atoms with E-state index in [-0.39, 0.29) is 11.9 Å². The summed E-state index contributed by atoms with van der Waals surface area (Å²) in [5.74, 6) is 1.57. The van der Waals surface area contributed by atoms with E-state index in [4.69, 9.17) is 0 Å². The normalized spacial score (nSPS) is 23.4. The smallest absolute Gasteiger partial charge is 0.230 e. The summed E-state index contributed by atoms with van der Waals surface area (Å²) in [5.41, 5.74) is 2.05. The van der Waals surface area contributed by atoms with Crippen LogP contribution in [0.3, 0.4) is 0 Å². The molecule has 6 nitrogen and oxygen atoms in total. The van der Waals surface area contributed by atoms with Crippen LogP contribution in [0.5, 0.6) is 0 Å². The maximum absolute atomic E-state index is 12.4. The highest BCUT2D eigenvalue weighted by molar-refractivity contribution is 7.99. The molecule has 3 rings (SSSR count). The quantitative estimate of drug-likeness (QED) is 0.831. The van der Waals surface area contributed by atoms with Crippen molar-refractivity contribution in [1.29, 1.82) is 0 Å². The van der Waals surface area contributed by atoms with Crippen molar-refractivity contribution in [1.82, 2.24) is 25.5 Å². The molecule has 0 aliphatic heterocycles. The van der Waals surface area contributed by atoms with Crippen LogP contribution >= 0.6 is 11.8 Å². The topological polar surface area (TPSA) is 72.7 Å². The fourth-order valence-corrected chi connectivity index (χ4v) is 4.06. The van der Waals surface area contributed by atoms with Crippen LogP contribution in [0.15, 0.2) is 29.4 Å². The molecule has 1 aromatic carbocycles. The van der Waals surface area contributed by atoms with E-state index < -0.39 is 0 Å². The Morgan fingerprint density at radius 3 is 3.00 bits per heavy atom. The molecule has 1 N–H and O–H groups in total. The van der Waals surface area contributed by atoms with Crippen molar-refractivity contribution in [3.8, 4) is 5.69 Å². The van der Waals surface area contributed by atoms with E-state index in [9.17, 15) is 4.79 Å². The molecule has 3 atom stereocenters. The number of aryl methyl sites for hydroxylation is 1. The van der Waals surface area contributed by atoms with Crippen molar-refractivity contribution in [2.45, 2.75) is 51.2 Å². The summed E-state index contributed by atoms with van der Waals surface area (Å²) in [5, 5.41) is 15.7. The fourth-order valence-electron chi connectivity index (χ4n) is 3.35. The number of rotatable bonds is 5. The van der Waals surface area contributed by atoms with Crippen LogP contribution in [0, 0.1) is 18.8 Å². The number of benzene rings is 1. The first-order valence-electron chi connectivity index (χ1n) is 8.82. The summed E-state index contributed by atoms with van der Waals surface area (Å²) in [6, 6.07) is 8.26. The number of hydrogen-bond donors (Lipinski definition) is 1. The monoisotopic (exact) mass is 359 g/mol. The number of nitrogens with zero attached hydrogens (tertiary/aromatic N) is 4. The second-order valence-electron chi connectivity index (χ2n) is 6.94. The minimum atomic E-state index is 0.0507.